The Labute approximate surface area is 105 Å². The molecule has 1 saturated carbocycles. The van der Waals surface area contributed by atoms with Crippen LogP contribution in [0.5, 0.6) is 0 Å². The van der Waals surface area contributed by atoms with Crippen molar-refractivity contribution in [1.29, 1.82) is 0 Å². The number of hydrogen-bond donors (Lipinski definition) is 2. The highest BCUT2D eigenvalue weighted by molar-refractivity contribution is 5.79. The van der Waals surface area contributed by atoms with Gasteiger partial charge in [-0.05, 0) is 37.1 Å². The Kier molecular flexibility index (Phi) is 3.76. The smallest absolute Gasteiger partial charge is 0.224 e. The first-order chi connectivity index (χ1) is 7.98. The van der Waals surface area contributed by atoms with Crippen LogP contribution in [0, 0.1) is 17.3 Å². The third-order valence-electron chi connectivity index (χ3n) is 4.41. The topological polar surface area (TPSA) is 41.1 Å². The molecule has 1 aliphatic carbocycles. The van der Waals surface area contributed by atoms with Crippen molar-refractivity contribution in [3.8, 4) is 0 Å². The molecule has 1 unspecified atom stereocenters. The molecule has 1 amide bonds. The van der Waals surface area contributed by atoms with Gasteiger partial charge in [0.05, 0.1) is 5.92 Å². The Morgan fingerprint density at radius 3 is 2.71 bits per heavy atom. The van der Waals surface area contributed by atoms with E-state index in [1.165, 1.54) is 12.8 Å². The van der Waals surface area contributed by atoms with E-state index in [-0.39, 0.29) is 11.8 Å². The van der Waals surface area contributed by atoms with Crippen molar-refractivity contribution in [2.24, 2.45) is 17.3 Å². The van der Waals surface area contributed by atoms with Gasteiger partial charge in [-0.25, -0.2) is 0 Å². The maximum atomic E-state index is 12.2. The fraction of sp³-hybridized carbons (Fsp3) is 0.929. The molecule has 0 radical (unpaired) electrons. The summed E-state index contributed by atoms with van der Waals surface area (Å²) in [6.45, 7) is 8.61. The Morgan fingerprint density at radius 1 is 1.35 bits per heavy atom. The molecule has 0 spiro atoms. The number of nitrogens with one attached hydrogen (secondary N) is 2. The molecule has 1 heterocycles. The molecule has 1 saturated heterocycles. The average Bonchev–Trinajstić information content (AvgIpc) is 2.62. The molecular formula is C14H26N2O. The third-order valence-corrected chi connectivity index (χ3v) is 4.41. The normalized spacial score (nSPS) is 36.8. The van der Waals surface area contributed by atoms with E-state index in [4.69, 9.17) is 0 Å². The molecule has 98 valence electrons. The lowest BCUT2D eigenvalue weighted by Crippen LogP contribution is -2.44. The molecule has 0 aromatic rings. The van der Waals surface area contributed by atoms with Crippen molar-refractivity contribution in [1.82, 2.24) is 10.6 Å². The molecule has 3 heteroatoms. The van der Waals surface area contributed by atoms with Gasteiger partial charge in [-0.3, -0.25) is 4.79 Å². The Bertz CT molecular complexity index is 288. The second kappa shape index (κ2) is 4.97. The van der Waals surface area contributed by atoms with Gasteiger partial charge in [-0.15, -0.1) is 0 Å². The van der Waals surface area contributed by atoms with Crippen LogP contribution in [-0.4, -0.2) is 25.0 Å². The molecule has 0 bridgehead atoms. The van der Waals surface area contributed by atoms with E-state index in [0.29, 0.717) is 17.4 Å². The Hall–Kier alpha value is -0.570. The molecule has 2 N–H and O–H groups in total. The molecule has 2 fully saturated rings. The highest BCUT2D eigenvalue weighted by atomic mass is 16.2. The quantitative estimate of drug-likeness (QED) is 0.772. The van der Waals surface area contributed by atoms with Gasteiger partial charge in [-0.2, -0.15) is 0 Å². The van der Waals surface area contributed by atoms with Crippen LogP contribution in [-0.2, 0) is 4.79 Å². The largest absolute Gasteiger partial charge is 0.353 e. The SMILES string of the molecule is C[C@@H]1CNC[C@H]1C(=O)NC1CCCC(C)(C)C1. The summed E-state index contributed by atoms with van der Waals surface area (Å²) in [4.78, 5) is 12.2. The van der Waals surface area contributed by atoms with Gasteiger partial charge in [0.15, 0.2) is 0 Å². The molecule has 3 nitrogen and oxygen atoms in total. The van der Waals surface area contributed by atoms with Crippen LogP contribution in [0.4, 0.5) is 0 Å². The zero-order chi connectivity index (χ0) is 12.5. The lowest BCUT2D eigenvalue weighted by molar-refractivity contribution is -0.126. The Balaban J connectivity index is 1.86. The first-order valence-corrected chi connectivity index (χ1v) is 6.99. The molecular weight excluding hydrogens is 212 g/mol. The second-order valence-electron chi connectivity index (χ2n) is 6.71. The van der Waals surface area contributed by atoms with E-state index < -0.39 is 0 Å². The van der Waals surface area contributed by atoms with Gasteiger partial charge in [-0.1, -0.05) is 27.2 Å². The van der Waals surface area contributed by atoms with E-state index >= 15 is 0 Å². The lowest BCUT2D eigenvalue weighted by Gasteiger charge is -2.36. The molecule has 0 aromatic carbocycles. The minimum absolute atomic E-state index is 0.181. The highest BCUT2D eigenvalue weighted by Gasteiger charge is 2.33. The zero-order valence-electron chi connectivity index (χ0n) is 11.4. The fourth-order valence-corrected chi connectivity index (χ4v) is 3.29. The van der Waals surface area contributed by atoms with Gasteiger partial charge >= 0.3 is 0 Å². The van der Waals surface area contributed by atoms with Crippen LogP contribution in [0.15, 0.2) is 0 Å². The number of amides is 1. The van der Waals surface area contributed by atoms with E-state index in [2.05, 4.69) is 31.4 Å². The minimum Gasteiger partial charge on any atom is -0.353 e. The van der Waals surface area contributed by atoms with Crippen LogP contribution in [0.3, 0.4) is 0 Å². The molecule has 1 aliphatic heterocycles. The third kappa shape index (κ3) is 3.21. The maximum Gasteiger partial charge on any atom is 0.224 e. The number of hydrogen-bond acceptors (Lipinski definition) is 2. The van der Waals surface area contributed by atoms with Crippen LogP contribution in [0.1, 0.15) is 46.5 Å². The van der Waals surface area contributed by atoms with Crippen molar-refractivity contribution in [2.75, 3.05) is 13.1 Å². The summed E-state index contributed by atoms with van der Waals surface area (Å²) in [7, 11) is 0. The van der Waals surface area contributed by atoms with E-state index in [1.807, 2.05) is 0 Å². The van der Waals surface area contributed by atoms with Crippen molar-refractivity contribution in [2.45, 2.75) is 52.5 Å². The van der Waals surface area contributed by atoms with Gasteiger partial charge in [0, 0.05) is 12.6 Å². The van der Waals surface area contributed by atoms with E-state index in [0.717, 1.165) is 25.9 Å². The van der Waals surface area contributed by atoms with Gasteiger partial charge in [0.25, 0.3) is 0 Å². The standard InChI is InChI=1S/C14H26N2O/c1-10-8-15-9-12(10)13(17)16-11-5-4-6-14(2,3)7-11/h10-12,15H,4-9H2,1-3H3,(H,16,17)/t10-,11?,12-/m1/s1. The maximum absolute atomic E-state index is 12.2. The minimum atomic E-state index is 0.181. The van der Waals surface area contributed by atoms with Crippen LogP contribution in [0.25, 0.3) is 0 Å². The van der Waals surface area contributed by atoms with Crippen molar-refractivity contribution >= 4 is 5.91 Å². The summed E-state index contributed by atoms with van der Waals surface area (Å²) < 4.78 is 0. The summed E-state index contributed by atoms with van der Waals surface area (Å²) in [5.74, 6) is 0.928. The first-order valence-electron chi connectivity index (χ1n) is 6.99. The summed E-state index contributed by atoms with van der Waals surface area (Å²) >= 11 is 0. The average molecular weight is 238 g/mol. The van der Waals surface area contributed by atoms with Crippen LogP contribution < -0.4 is 10.6 Å². The summed E-state index contributed by atoms with van der Waals surface area (Å²) in [5, 5.41) is 6.56. The van der Waals surface area contributed by atoms with Crippen molar-refractivity contribution in [3.05, 3.63) is 0 Å². The molecule has 2 aliphatic rings. The molecule has 0 aromatic heterocycles. The molecule has 17 heavy (non-hydrogen) atoms. The number of carbonyl (C=O) groups is 1. The first kappa shape index (κ1) is 12.9. The summed E-state index contributed by atoms with van der Waals surface area (Å²) in [6, 6.07) is 0.402. The second-order valence-corrected chi connectivity index (χ2v) is 6.71. The summed E-state index contributed by atoms with van der Waals surface area (Å²) in [6.07, 6.45) is 4.83. The fourth-order valence-electron chi connectivity index (χ4n) is 3.29. The predicted molar refractivity (Wildman–Crippen MR) is 69.7 cm³/mol. The Morgan fingerprint density at radius 2 is 2.12 bits per heavy atom. The van der Waals surface area contributed by atoms with E-state index in [9.17, 15) is 4.79 Å². The summed E-state index contributed by atoms with van der Waals surface area (Å²) in [5.41, 5.74) is 0.399. The number of rotatable bonds is 2. The monoisotopic (exact) mass is 238 g/mol. The van der Waals surface area contributed by atoms with E-state index in [1.54, 1.807) is 0 Å². The van der Waals surface area contributed by atoms with Crippen LogP contribution in [0.2, 0.25) is 0 Å². The lowest BCUT2D eigenvalue weighted by atomic mass is 9.75. The van der Waals surface area contributed by atoms with Gasteiger partial charge < -0.3 is 10.6 Å². The van der Waals surface area contributed by atoms with Crippen LogP contribution >= 0.6 is 0 Å². The zero-order valence-corrected chi connectivity index (χ0v) is 11.4. The van der Waals surface area contributed by atoms with Gasteiger partial charge in [0.2, 0.25) is 5.91 Å². The number of carbonyl (C=O) groups excluding carboxylic acids is 1. The predicted octanol–water partition coefficient (Wildman–Crippen LogP) is 1.93. The molecule has 2 rings (SSSR count). The molecule has 3 atom stereocenters. The highest BCUT2D eigenvalue weighted by Crippen LogP contribution is 2.35. The van der Waals surface area contributed by atoms with Crippen molar-refractivity contribution in [3.63, 3.8) is 0 Å². The van der Waals surface area contributed by atoms with Crippen molar-refractivity contribution < 1.29 is 4.79 Å². The van der Waals surface area contributed by atoms with Gasteiger partial charge in [0.1, 0.15) is 0 Å².